The van der Waals surface area contributed by atoms with E-state index in [2.05, 4.69) is 6.92 Å². The van der Waals surface area contributed by atoms with E-state index in [0.29, 0.717) is 12.6 Å². The van der Waals surface area contributed by atoms with Crippen LogP contribution in [0.1, 0.15) is 49.1 Å². The second-order valence-corrected chi connectivity index (χ2v) is 8.28. The average Bonchev–Trinajstić information content (AvgIpc) is 3.13. The summed E-state index contributed by atoms with van der Waals surface area (Å²) in [5, 5.41) is 1.70. The number of thiophene rings is 1. The fraction of sp³-hybridized carbons (Fsp3) is 0.647. The predicted octanol–water partition coefficient (Wildman–Crippen LogP) is 4.32. The Kier molecular flexibility index (Phi) is 5.44. The summed E-state index contributed by atoms with van der Waals surface area (Å²) >= 11 is 3.28. The van der Waals surface area contributed by atoms with Crippen molar-refractivity contribution in [3.8, 4) is 0 Å². The normalized spacial score (nSPS) is 15.8. The fourth-order valence-electron chi connectivity index (χ4n) is 3.21. The minimum Gasteiger partial charge on any atom is -0.381 e. The van der Waals surface area contributed by atoms with Crippen molar-refractivity contribution in [2.45, 2.75) is 57.7 Å². The Hall–Kier alpha value is -0.850. The molecule has 6 heteroatoms. The van der Waals surface area contributed by atoms with E-state index in [1.807, 2.05) is 18.4 Å². The summed E-state index contributed by atoms with van der Waals surface area (Å²) in [4.78, 5) is 20.1. The standard InChI is InChI=1S/C17H24N2O2S2/c1-4-21-9-10-22-17-18-15-14(11(2)12(3)23-15)16(20)19(17)13-7-5-6-8-13/h13H,4-10H2,1-3H3. The van der Waals surface area contributed by atoms with Crippen LogP contribution in [-0.2, 0) is 4.74 Å². The summed E-state index contributed by atoms with van der Waals surface area (Å²) < 4.78 is 7.41. The number of aromatic nitrogens is 2. The molecule has 1 saturated carbocycles. The van der Waals surface area contributed by atoms with Crippen LogP contribution in [-0.4, -0.2) is 28.5 Å². The molecule has 0 radical (unpaired) electrons. The maximum absolute atomic E-state index is 13.1. The topological polar surface area (TPSA) is 44.1 Å². The van der Waals surface area contributed by atoms with Crippen molar-refractivity contribution < 1.29 is 4.74 Å². The molecule has 0 spiro atoms. The number of thioether (sulfide) groups is 1. The molecule has 1 fully saturated rings. The van der Waals surface area contributed by atoms with E-state index in [9.17, 15) is 4.79 Å². The van der Waals surface area contributed by atoms with E-state index >= 15 is 0 Å². The lowest BCUT2D eigenvalue weighted by molar-refractivity contribution is 0.164. The zero-order chi connectivity index (χ0) is 16.4. The highest BCUT2D eigenvalue weighted by molar-refractivity contribution is 7.99. The summed E-state index contributed by atoms with van der Waals surface area (Å²) in [6.07, 6.45) is 4.60. The zero-order valence-corrected chi connectivity index (χ0v) is 15.7. The molecule has 0 aromatic carbocycles. The van der Waals surface area contributed by atoms with Crippen LogP contribution in [0.4, 0.5) is 0 Å². The molecular formula is C17H24N2O2S2. The summed E-state index contributed by atoms with van der Waals surface area (Å²) in [5.41, 5.74) is 1.25. The van der Waals surface area contributed by atoms with Crippen LogP contribution in [0.2, 0.25) is 0 Å². The lowest BCUT2D eigenvalue weighted by Gasteiger charge is -2.18. The molecule has 0 N–H and O–H groups in total. The third kappa shape index (κ3) is 3.35. The highest BCUT2D eigenvalue weighted by atomic mass is 32.2. The van der Waals surface area contributed by atoms with Crippen LogP contribution in [0.15, 0.2) is 9.95 Å². The number of hydrogen-bond acceptors (Lipinski definition) is 5. The van der Waals surface area contributed by atoms with E-state index in [0.717, 1.165) is 46.1 Å². The molecule has 2 aromatic rings. The van der Waals surface area contributed by atoms with Gasteiger partial charge in [0.25, 0.3) is 5.56 Å². The number of nitrogens with zero attached hydrogens (tertiary/aromatic N) is 2. The van der Waals surface area contributed by atoms with Gasteiger partial charge in [0.1, 0.15) is 4.83 Å². The van der Waals surface area contributed by atoms with Crippen molar-refractivity contribution in [2.24, 2.45) is 0 Å². The maximum atomic E-state index is 13.1. The van der Waals surface area contributed by atoms with Crippen LogP contribution in [0.3, 0.4) is 0 Å². The molecule has 1 aliphatic carbocycles. The predicted molar refractivity (Wildman–Crippen MR) is 98.1 cm³/mol. The lowest BCUT2D eigenvalue weighted by atomic mass is 10.2. The third-order valence-electron chi connectivity index (χ3n) is 4.56. The van der Waals surface area contributed by atoms with Crippen LogP contribution < -0.4 is 5.56 Å². The van der Waals surface area contributed by atoms with Gasteiger partial charge in [-0.1, -0.05) is 24.6 Å². The van der Waals surface area contributed by atoms with E-state index < -0.39 is 0 Å². The Morgan fingerprint density at radius 3 is 2.78 bits per heavy atom. The van der Waals surface area contributed by atoms with Gasteiger partial charge in [-0.2, -0.15) is 0 Å². The number of hydrogen-bond donors (Lipinski definition) is 0. The van der Waals surface area contributed by atoms with Crippen molar-refractivity contribution in [2.75, 3.05) is 19.0 Å². The smallest absolute Gasteiger partial charge is 0.263 e. The zero-order valence-electron chi connectivity index (χ0n) is 14.1. The van der Waals surface area contributed by atoms with Gasteiger partial charge in [-0.05, 0) is 39.2 Å². The second kappa shape index (κ2) is 7.36. The van der Waals surface area contributed by atoms with Gasteiger partial charge in [0.2, 0.25) is 0 Å². The van der Waals surface area contributed by atoms with Crippen LogP contribution in [0, 0.1) is 13.8 Å². The van der Waals surface area contributed by atoms with Gasteiger partial charge in [0, 0.05) is 23.3 Å². The molecule has 2 heterocycles. The minimum atomic E-state index is 0.155. The van der Waals surface area contributed by atoms with Gasteiger partial charge in [-0.25, -0.2) is 4.98 Å². The summed E-state index contributed by atoms with van der Waals surface area (Å²) in [6, 6.07) is 0.314. The van der Waals surface area contributed by atoms with Gasteiger partial charge in [0.05, 0.1) is 12.0 Å². The Balaban J connectivity index is 2.04. The third-order valence-corrected chi connectivity index (χ3v) is 6.57. The van der Waals surface area contributed by atoms with Crippen molar-refractivity contribution in [1.82, 2.24) is 9.55 Å². The first-order chi connectivity index (χ1) is 11.1. The van der Waals surface area contributed by atoms with E-state index in [-0.39, 0.29) is 5.56 Å². The lowest BCUT2D eigenvalue weighted by Crippen LogP contribution is -2.26. The molecule has 0 atom stereocenters. The molecule has 3 rings (SSSR count). The first-order valence-electron chi connectivity index (χ1n) is 8.36. The number of rotatable bonds is 6. The van der Waals surface area contributed by atoms with E-state index in [1.54, 1.807) is 23.1 Å². The van der Waals surface area contributed by atoms with Crippen LogP contribution in [0.25, 0.3) is 10.2 Å². The van der Waals surface area contributed by atoms with Gasteiger partial charge >= 0.3 is 0 Å². The van der Waals surface area contributed by atoms with E-state index in [4.69, 9.17) is 9.72 Å². The molecule has 0 bridgehead atoms. The Morgan fingerprint density at radius 1 is 1.35 bits per heavy atom. The van der Waals surface area contributed by atoms with Crippen LogP contribution >= 0.6 is 23.1 Å². The van der Waals surface area contributed by atoms with Crippen molar-refractivity contribution in [1.29, 1.82) is 0 Å². The Morgan fingerprint density at radius 2 is 2.09 bits per heavy atom. The molecule has 126 valence electrons. The van der Waals surface area contributed by atoms with Gasteiger partial charge < -0.3 is 4.74 Å². The van der Waals surface area contributed by atoms with Crippen LogP contribution in [0.5, 0.6) is 0 Å². The molecule has 23 heavy (non-hydrogen) atoms. The Labute approximate surface area is 145 Å². The Bertz CT molecular complexity index is 745. The second-order valence-electron chi connectivity index (χ2n) is 6.02. The summed E-state index contributed by atoms with van der Waals surface area (Å²) in [5.74, 6) is 0.835. The molecule has 0 unspecified atom stereocenters. The number of ether oxygens (including phenoxy) is 1. The summed E-state index contributed by atoms with van der Waals surface area (Å²) in [6.45, 7) is 7.54. The molecule has 4 nitrogen and oxygen atoms in total. The molecule has 1 aliphatic rings. The first kappa shape index (κ1) is 17.0. The maximum Gasteiger partial charge on any atom is 0.263 e. The molecule has 0 aliphatic heterocycles. The van der Waals surface area contributed by atoms with Gasteiger partial charge in [-0.3, -0.25) is 9.36 Å². The molecule has 2 aromatic heterocycles. The summed E-state index contributed by atoms with van der Waals surface area (Å²) in [7, 11) is 0. The molecular weight excluding hydrogens is 328 g/mol. The highest BCUT2D eigenvalue weighted by Gasteiger charge is 2.24. The van der Waals surface area contributed by atoms with Crippen molar-refractivity contribution >= 4 is 33.3 Å². The average molecular weight is 353 g/mol. The highest BCUT2D eigenvalue weighted by Crippen LogP contribution is 2.34. The molecule has 0 amide bonds. The number of fused-ring (bicyclic) bond motifs is 1. The van der Waals surface area contributed by atoms with Gasteiger partial charge in [0.15, 0.2) is 5.16 Å². The first-order valence-corrected chi connectivity index (χ1v) is 10.2. The number of aryl methyl sites for hydroxylation is 2. The minimum absolute atomic E-state index is 0.155. The van der Waals surface area contributed by atoms with Crippen molar-refractivity contribution in [3.05, 3.63) is 20.8 Å². The van der Waals surface area contributed by atoms with E-state index in [1.165, 1.54) is 17.7 Å². The van der Waals surface area contributed by atoms with Crippen molar-refractivity contribution in [3.63, 3.8) is 0 Å². The SMILES string of the molecule is CCOCCSc1nc2sc(C)c(C)c2c(=O)n1C1CCCC1. The quantitative estimate of drug-likeness (QED) is 0.441. The van der Waals surface area contributed by atoms with Gasteiger partial charge in [-0.15, -0.1) is 11.3 Å². The monoisotopic (exact) mass is 352 g/mol. The fourth-order valence-corrected chi connectivity index (χ4v) is 5.20. The molecule has 0 saturated heterocycles. The largest absolute Gasteiger partial charge is 0.381 e.